The van der Waals surface area contributed by atoms with E-state index in [9.17, 15) is 9.90 Å². The maximum atomic E-state index is 12.6. The molecule has 0 atom stereocenters. The fraction of sp³-hybridized carbons (Fsp3) is 0.455. The first kappa shape index (κ1) is 19.5. The molecule has 1 amide bonds. The van der Waals surface area contributed by atoms with Crippen molar-refractivity contribution >= 4 is 22.5 Å². The number of amides is 1. The molecule has 3 aromatic rings. The number of hydrogen-bond donors (Lipinski definition) is 2. The lowest BCUT2D eigenvalue weighted by Crippen LogP contribution is -2.21. The number of aliphatic hydroxyl groups is 1. The Morgan fingerprint density at radius 3 is 2.62 bits per heavy atom. The number of nitrogens with one attached hydrogen (secondary N) is 1. The van der Waals surface area contributed by atoms with Gasteiger partial charge >= 0.3 is 0 Å². The highest BCUT2D eigenvalue weighted by Crippen LogP contribution is 2.35. The number of fused-ring (bicyclic) bond motifs is 1. The molecule has 2 aromatic heterocycles. The molecule has 4 rings (SSSR count). The molecular formula is C22H27N5O2. The second kappa shape index (κ2) is 7.55. The summed E-state index contributed by atoms with van der Waals surface area (Å²) in [6.07, 6.45) is 11.1. The number of aromatic nitrogens is 4. The molecule has 0 aliphatic heterocycles. The third-order valence-electron chi connectivity index (χ3n) is 5.72. The van der Waals surface area contributed by atoms with Crippen molar-refractivity contribution in [2.45, 2.75) is 58.1 Å². The quantitative estimate of drug-likeness (QED) is 0.697. The number of anilines is 1. The number of nitrogens with zero attached hydrogens (tertiary/aromatic N) is 4. The van der Waals surface area contributed by atoms with Gasteiger partial charge in [0.25, 0.3) is 5.91 Å². The summed E-state index contributed by atoms with van der Waals surface area (Å²) in [5.74, 6) is 0.414. The molecule has 2 heterocycles. The van der Waals surface area contributed by atoms with Gasteiger partial charge in [0.05, 0.1) is 23.4 Å². The molecule has 29 heavy (non-hydrogen) atoms. The lowest BCUT2D eigenvalue weighted by molar-refractivity contribution is 0.0793. The molecule has 0 saturated heterocycles. The van der Waals surface area contributed by atoms with Gasteiger partial charge in [-0.25, -0.2) is 4.98 Å². The summed E-state index contributed by atoms with van der Waals surface area (Å²) in [6, 6.07) is 4.15. The second-order valence-corrected chi connectivity index (χ2v) is 8.58. The molecule has 0 unspecified atom stereocenters. The lowest BCUT2D eigenvalue weighted by Gasteiger charge is -2.26. The van der Waals surface area contributed by atoms with E-state index in [2.05, 4.69) is 26.9 Å². The van der Waals surface area contributed by atoms with Crippen LogP contribution in [0, 0.1) is 5.92 Å². The van der Waals surface area contributed by atoms with Crippen molar-refractivity contribution in [1.29, 1.82) is 0 Å². The standard InChI is InChI=1S/C22H27N5O2/c1-14-4-6-16(7-5-14)27-13-15-10-19(17(22(2,3)29)11-18(15)26-27)25-21(28)20-12-23-8-9-24-20/h8-14,16,29H,4-7H2,1-3H3,(H,25,28)/t14-,16-. The zero-order valence-electron chi connectivity index (χ0n) is 17.1. The van der Waals surface area contributed by atoms with Gasteiger partial charge in [-0.15, -0.1) is 0 Å². The van der Waals surface area contributed by atoms with E-state index in [-0.39, 0.29) is 11.6 Å². The van der Waals surface area contributed by atoms with Gasteiger partial charge in [-0.05, 0) is 57.6 Å². The summed E-state index contributed by atoms with van der Waals surface area (Å²) in [6.45, 7) is 5.70. The molecule has 0 radical (unpaired) electrons. The van der Waals surface area contributed by atoms with Crippen LogP contribution < -0.4 is 5.32 Å². The molecule has 2 N–H and O–H groups in total. The fourth-order valence-corrected chi connectivity index (χ4v) is 4.00. The molecular weight excluding hydrogens is 366 g/mol. The Hall–Kier alpha value is -2.80. The molecule has 0 bridgehead atoms. The highest BCUT2D eigenvalue weighted by molar-refractivity contribution is 6.04. The molecule has 152 valence electrons. The van der Waals surface area contributed by atoms with Gasteiger partial charge in [-0.1, -0.05) is 6.92 Å². The molecule has 7 heteroatoms. The zero-order chi connectivity index (χ0) is 20.6. The Morgan fingerprint density at radius 1 is 1.21 bits per heavy atom. The highest BCUT2D eigenvalue weighted by Gasteiger charge is 2.25. The minimum atomic E-state index is -1.14. The van der Waals surface area contributed by atoms with Gasteiger partial charge in [0, 0.05) is 35.2 Å². The van der Waals surface area contributed by atoms with Crippen LogP contribution in [0.5, 0.6) is 0 Å². The van der Waals surface area contributed by atoms with Gasteiger partial charge in [-0.3, -0.25) is 14.5 Å². The van der Waals surface area contributed by atoms with Crippen molar-refractivity contribution in [1.82, 2.24) is 19.7 Å². The van der Waals surface area contributed by atoms with E-state index in [0.717, 1.165) is 29.7 Å². The first-order valence-corrected chi connectivity index (χ1v) is 10.1. The van der Waals surface area contributed by atoms with E-state index in [1.54, 1.807) is 13.8 Å². The number of hydrogen-bond acceptors (Lipinski definition) is 5. The van der Waals surface area contributed by atoms with Crippen LogP contribution in [0.4, 0.5) is 5.69 Å². The summed E-state index contributed by atoms with van der Waals surface area (Å²) in [5.41, 5.74) is 1.07. The molecule has 7 nitrogen and oxygen atoms in total. The van der Waals surface area contributed by atoms with Gasteiger partial charge in [-0.2, -0.15) is 5.10 Å². The van der Waals surface area contributed by atoms with Gasteiger partial charge in [0.1, 0.15) is 5.69 Å². The average Bonchev–Trinajstić information content (AvgIpc) is 3.11. The van der Waals surface area contributed by atoms with Crippen molar-refractivity contribution in [2.24, 2.45) is 5.92 Å². The Labute approximate surface area is 170 Å². The highest BCUT2D eigenvalue weighted by atomic mass is 16.3. The van der Waals surface area contributed by atoms with Crippen LogP contribution in [0.1, 0.15) is 68.5 Å². The smallest absolute Gasteiger partial charge is 0.275 e. The van der Waals surface area contributed by atoms with Crippen LogP contribution in [0.2, 0.25) is 0 Å². The third kappa shape index (κ3) is 4.15. The van der Waals surface area contributed by atoms with Crippen molar-refractivity contribution < 1.29 is 9.90 Å². The molecule has 1 aliphatic carbocycles. The van der Waals surface area contributed by atoms with Crippen molar-refractivity contribution in [2.75, 3.05) is 5.32 Å². The zero-order valence-corrected chi connectivity index (χ0v) is 17.1. The Balaban J connectivity index is 1.69. The molecule has 1 saturated carbocycles. The number of rotatable bonds is 4. The van der Waals surface area contributed by atoms with E-state index in [4.69, 9.17) is 5.10 Å². The predicted octanol–water partition coefficient (Wildman–Crippen LogP) is 4.06. The SMILES string of the molecule is CC(C)(O)c1cc2nn([C@H]3CC[C@H](C)CC3)cc2cc1NC(=O)c1cnccn1. The molecule has 1 aliphatic rings. The maximum Gasteiger partial charge on any atom is 0.275 e. The van der Waals surface area contributed by atoms with Gasteiger partial charge in [0.2, 0.25) is 0 Å². The van der Waals surface area contributed by atoms with Crippen LogP contribution in [-0.2, 0) is 5.60 Å². The van der Waals surface area contributed by atoms with Crippen LogP contribution >= 0.6 is 0 Å². The molecule has 0 spiro atoms. The fourth-order valence-electron chi connectivity index (χ4n) is 4.00. The molecule has 1 fully saturated rings. The van der Waals surface area contributed by atoms with Gasteiger partial charge < -0.3 is 10.4 Å². The second-order valence-electron chi connectivity index (χ2n) is 8.58. The number of carbonyl (C=O) groups excluding carboxylic acids is 1. The summed E-state index contributed by atoms with van der Waals surface area (Å²) < 4.78 is 2.05. The van der Waals surface area contributed by atoms with E-state index >= 15 is 0 Å². The number of carbonyl (C=O) groups is 1. The summed E-state index contributed by atoms with van der Waals surface area (Å²) in [7, 11) is 0. The summed E-state index contributed by atoms with van der Waals surface area (Å²) in [5, 5.41) is 19.3. The van der Waals surface area contributed by atoms with Crippen LogP contribution in [0.15, 0.2) is 36.9 Å². The Kier molecular flexibility index (Phi) is 5.08. The van der Waals surface area contributed by atoms with Crippen molar-refractivity contribution in [3.63, 3.8) is 0 Å². The number of benzene rings is 1. The summed E-state index contributed by atoms with van der Waals surface area (Å²) in [4.78, 5) is 20.6. The first-order valence-electron chi connectivity index (χ1n) is 10.1. The van der Waals surface area contributed by atoms with Crippen molar-refractivity contribution in [3.8, 4) is 0 Å². The third-order valence-corrected chi connectivity index (χ3v) is 5.72. The van der Waals surface area contributed by atoms with E-state index in [1.807, 2.05) is 18.3 Å². The Morgan fingerprint density at radius 2 is 1.97 bits per heavy atom. The first-order chi connectivity index (χ1) is 13.8. The minimum absolute atomic E-state index is 0.223. The van der Waals surface area contributed by atoms with Crippen LogP contribution in [0.25, 0.3) is 10.9 Å². The van der Waals surface area contributed by atoms with E-state index < -0.39 is 5.60 Å². The van der Waals surface area contributed by atoms with E-state index in [0.29, 0.717) is 17.3 Å². The van der Waals surface area contributed by atoms with Gasteiger partial charge in [0.15, 0.2) is 0 Å². The normalized spacial score (nSPS) is 20.0. The minimum Gasteiger partial charge on any atom is -0.386 e. The van der Waals surface area contributed by atoms with Crippen LogP contribution in [-0.4, -0.2) is 30.8 Å². The van der Waals surface area contributed by atoms with Crippen molar-refractivity contribution in [3.05, 3.63) is 48.2 Å². The summed E-state index contributed by atoms with van der Waals surface area (Å²) >= 11 is 0. The topological polar surface area (TPSA) is 92.9 Å². The largest absolute Gasteiger partial charge is 0.386 e. The average molecular weight is 393 g/mol. The molecule has 1 aromatic carbocycles. The predicted molar refractivity (Wildman–Crippen MR) is 112 cm³/mol. The maximum absolute atomic E-state index is 12.6. The van der Waals surface area contributed by atoms with Crippen LogP contribution in [0.3, 0.4) is 0 Å². The lowest BCUT2D eigenvalue weighted by atomic mass is 9.87. The van der Waals surface area contributed by atoms with E-state index in [1.165, 1.54) is 31.4 Å². The monoisotopic (exact) mass is 393 g/mol. The Bertz CT molecular complexity index is 1010.